The summed E-state index contributed by atoms with van der Waals surface area (Å²) < 4.78 is 5.30. The van der Waals surface area contributed by atoms with E-state index in [4.69, 9.17) is 10.5 Å². The van der Waals surface area contributed by atoms with Crippen molar-refractivity contribution in [1.29, 1.82) is 0 Å². The fourth-order valence-corrected chi connectivity index (χ4v) is 4.48. The minimum Gasteiger partial charge on any atom is -0.445 e. The first kappa shape index (κ1) is 30.1. The number of urea groups is 1. The highest BCUT2D eigenvalue weighted by molar-refractivity contribution is 7.09. The van der Waals surface area contributed by atoms with Crippen LogP contribution in [-0.4, -0.2) is 47.7 Å². The number of ether oxygens (including phenoxy) is 1. The van der Waals surface area contributed by atoms with Crippen LogP contribution in [0.25, 0.3) is 0 Å². The Kier molecular flexibility index (Phi) is 11.9. The molecule has 0 aliphatic heterocycles. The molecule has 3 aromatic rings. The zero-order chi connectivity index (χ0) is 28.7. The third-order valence-electron chi connectivity index (χ3n) is 5.81. The van der Waals surface area contributed by atoms with Gasteiger partial charge >= 0.3 is 12.1 Å². The smallest absolute Gasteiger partial charge is 0.408 e. The highest BCUT2D eigenvalue weighted by atomic mass is 32.1. The summed E-state index contributed by atoms with van der Waals surface area (Å²) in [7, 11) is 0. The lowest BCUT2D eigenvalue weighted by Gasteiger charge is -2.23. The van der Waals surface area contributed by atoms with Gasteiger partial charge in [0.1, 0.15) is 18.7 Å². The summed E-state index contributed by atoms with van der Waals surface area (Å²) >= 11 is 1.43. The molecular weight excluding hydrogens is 534 g/mol. The molecule has 0 bridgehead atoms. The molecule has 0 aliphatic rings. The number of anilines is 1. The normalized spacial score (nSPS) is 12.0. The molecule has 2 aromatic carbocycles. The molecule has 2 atom stereocenters. The Morgan fingerprint density at radius 1 is 0.875 bits per heavy atom. The van der Waals surface area contributed by atoms with Crippen molar-refractivity contribution in [3.63, 3.8) is 0 Å². The number of thiophene rings is 1. The Bertz CT molecular complexity index is 1240. The second-order valence-electron chi connectivity index (χ2n) is 8.88. The van der Waals surface area contributed by atoms with Crippen LogP contribution in [-0.2, 0) is 34.0 Å². The predicted molar refractivity (Wildman–Crippen MR) is 151 cm³/mol. The van der Waals surface area contributed by atoms with E-state index in [-0.39, 0.29) is 32.6 Å². The SMILES string of the molecule is NC(=O)NCCC[C@H](NC(=O)[C@H](Cc1cccs1)NC(=O)OCc1ccccc1)C(=O)Nc1ccc(CO)cc1. The van der Waals surface area contributed by atoms with Crippen molar-refractivity contribution in [2.24, 2.45) is 5.73 Å². The molecule has 7 N–H and O–H groups in total. The molecular formula is C28H33N5O6S. The molecule has 0 aliphatic carbocycles. The quantitative estimate of drug-likeness (QED) is 0.163. The molecule has 5 amide bonds. The number of alkyl carbamates (subject to hydrolysis) is 1. The number of aliphatic hydroxyl groups is 1. The lowest BCUT2D eigenvalue weighted by Crippen LogP contribution is -2.53. The number of hydrogen-bond acceptors (Lipinski definition) is 7. The second kappa shape index (κ2) is 15.9. The van der Waals surface area contributed by atoms with Gasteiger partial charge in [0.15, 0.2) is 0 Å². The number of nitrogens with two attached hydrogens (primary N) is 1. The van der Waals surface area contributed by atoms with Crippen molar-refractivity contribution in [3.8, 4) is 0 Å². The summed E-state index contributed by atoms with van der Waals surface area (Å²) in [5, 5.41) is 21.7. The first-order chi connectivity index (χ1) is 19.3. The molecule has 0 saturated heterocycles. The van der Waals surface area contributed by atoms with Crippen molar-refractivity contribution in [2.75, 3.05) is 11.9 Å². The van der Waals surface area contributed by atoms with Crippen LogP contribution in [0.3, 0.4) is 0 Å². The molecule has 12 heteroatoms. The number of hydrogen-bond donors (Lipinski definition) is 6. The average molecular weight is 568 g/mol. The highest BCUT2D eigenvalue weighted by Gasteiger charge is 2.28. The Balaban J connectivity index is 1.69. The number of nitrogens with one attached hydrogen (secondary N) is 4. The van der Waals surface area contributed by atoms with Crippen LogP contribution in [0.2, 0.25) is 0 Å². The Labute approximate surface area is 236 Å². The van der Waals surface area contributed by atoms with E-state index in [0.717, 1.165) is 10.4 Å². The lowest BCUT2D eigenvalue weighted by molar-refractivity contribution is -0.128. The van der Waals surface area contributed by atoms with E-state index in [1.165, 1.54) is 11.3 Å². The molecule has 0 saturated carbocycles. The van der Waals surface area contributed by atoms with Crippen LogP contribution in [0.5, 0.6) is 0 Å². The number of rotatable bonds is 14. The number of amides is 5. The van der Waals surface area contributed by atoms with Gasteiger partial charge in [0.2, 0.25) is 11.8 Å². The third-order valence-corrected chi connectivity index (χ3v) is 6.71. The molecule has 1 heterocycles. The predicted octanol–water partition coefficient (Wildman–Crippen LogP) is 2.65. The van der Waals surface area contributed by atoms with E-state index in [2.05, 4.69) is 21.3 Å². The van der Waals surface area contributed by atoms with E-state index in [9.17, 15) is 24.3 Å². The molecule has 0 spiro atoms. The largest absolute Gasteiger partial charge is 0.445 e. The van der Waals surface area contributed by atoms with Crippen LogP contribution in [0, 0.1) is 0 Å². The summed E-state index contributed by atoms with van der Waals surface area (Å²) in [5.74, 6) is -1.05. The topological polar surface area (TPSA) is 172 Å². The number of carbonyl (C=O) groups excluding carboxylic acids is 4. The van der Waals surface area contributed by atoms with Gasteiger partial charge in [-0.2, -0.15) is 0 Å². The highest BCUT2D eigenvalue weighted by Crippen LogP contribution is 2.14. The maximum Gasteiger partial charge on any atom is 0.408 e. The van der Waals surface area contributed by atoms with Gasteiger partial charge in [0.25, 0.3) is 0 Å². The average Bonchev–Trinajstić information content (AvgIpc) is 3.47. The van der Waals surface area contributed by atoms with Gasteiger partial charge < -0.3 is 36.8 Å². The number of carbonyl (C=O) groups is 4. The van der Waals surface area contributed by atoms with Gasteiger partial charge in [-0.05, 0) is 47.5 Å². The molecule has 1 aromatic heterocycles. The van der Waals surface area contributed by atoms with Gasteiger partial charge in [-0.25, -0.2) is 9.59 Å². The van der Waals surface area contributed by atoms with Crippen molar-refractivity contribution < 1.29 is 29.0 Å². The minimum absolute atomic E-state index is 0.0347. The molecule has 3 rings (SSSR count). The van der Waals surface area contributed by atoms with Crippen LogP contribution < -0.4 is 27.0 Å². The summed E-state index contributed by atoms with van der Waals surface area (Å²) in [4.78, 5) is 51.0. The van der Waals surface area contributed by atoms with Gasteiger partial charge in [-0.1, -0.05) is 48.5 Å². The molecule has 11 nitrogen and oxygen atoms in total. The summed E-state index contributed by atoms with van der Waals surface area (Å²) in [5.41, 5.74) is 7.08. The third kappa shape index (κ3) is 10.4. The minimum atomic E-state index is -1.01. The summed E-state index contributed by atoms with van der Waals surface area (Å²) in [6.07, 6.45) is -0.0236. The van der Waals surface area contributed by atoms with E-state index in [1.807, 2.05) is 47.8 Å². The van der Waals surface area contributed by atoms with Crippen LogP contribution in [0.15, 0.2) is 72.1 Å². The number of aliphatic hydroxyl groups excluding tert-OH is 1. The van der Waals surface area contributed by atoms with Crippen molar-refractivity contribution >= 4 is 41.0 Å². The summed E-state index contributed by atoms with van der Waals surface area (Å²) in [6, 6.07) is 16.8. The lowest BCUT2D eigenvalue weighted by atomic mass is 10.1. The Hall–Kier alpha value is -4.42. The van der Waals surface area contributed by atoms with Gasteiger partial charge in [0.05, 0.1) is 6.61 Å². The monoisotopic (exact) mass is 567 g/mol. The van der Waals surface area contributed by atoms with Crippen molar-refractivity contribution in [3.05, 3.63) is 88.1 Å². The zero-order valence-corrected chi connectivity index (χ0v) is 22.6. The molecule has 0 unspecified atom stereocenters. The molecule has 40 heavy (non-hydrogen) atoms. The molecule has 0 fully saturated rings. The van der Waals surface area contributed by atoms with Gasteiger partial charge in [0, 0.05) is 23.5 Å². The maximum atomic E-state index is 13.4. The standard InChI is InChI=1S/C28H33N5O6S/c29-27(37)30-14-4-9-23(25(35)31-21-12-10-19(17-34)11-13-21)32-26(36)24(16-22-8-5-15-40-22)33-28(38)39-18-20-6-2-1-3-7-20/h1-3,5-8,10-13,15,23-24,34H,4,9,14,16-18H2,(H,31,35)(H,32,36)(H,33,38)(H3,29,30,37)/t23-,24-/m0/s1. The first-order valence-corrected chi connectivity index (χ1v) is 13.6. The molecule has 212 valence electrons. The van der Waals surface area contributed by atoms with Gasteiger partial charge in [-0.3, -0.25) is 9.59 Å². The fourth-order valence-electron chi connectivity index (χ4n) is 3.73. The number of benzene rings is 2. The Morgan fingerprint density at radius 2 is 1.62 bits per heavy atom. The fraction of sp³-hybridized carbons (Fsp3) is 0.286. The van der Waals surface area contributed by atoms with Gasteiger partial charge in [-0.15, -0.1) is 11.3 Å². The first-order valence-electron chi connectivity index (χ1n) is 12.7. The summed E-state index contributed by atoms with van der Waals surface area (Å²) in [6.45, 7) is 0.113. The van der Waals surface area contributed by atoms with E-state index >= 15 is 0 Å². The van der Waals surface area contributed by atoms with Crippen LogP contribution in [0.4, 0.5) is 15.3 Å². The van der Waals surface area contributed by atoms with E-state index < -0.39 is 36.0 Å². The molecule has 0 radical (unpaired) electrons. The maximum absolute atomic E-state index is 13.4. The Morgan fingerprint density at radius 3 is 2.27 bits per heavy atom. The van der Waals surface area contributed by atoms with Crippen LogP contribution >= 0.6 is 11.3 Å². The van der Waals surface area contributed by atoms with E-state index in [0.29, 0.717) is 17.7 Å². The zero-order valence-electron chi connectivity index (χ0n) is 21.8. The van der Waals surface area contributed by atoms with Crippen LogP contribution in [0.1, 0.15) is 28.8 Å². The van der Waals surface area contributed by atoms with E-state index in [1.54, 1.807) is 24.3 Å². The van der Waals surface area contributed by atoms with Crippen molar-refractivity contribution in [2.45, 2.75) is 44.6 Å². The number of primary amides is 1. The second-order valence-corrected chi connectivity index (χ2v) is 9.91. The van der Waals surface area contributed by atoms with Crippen molar-refractivity contribution in [1.82, 2.24) is 16.0 Å².